The zero-order chi connectivity index (χ0) is 19.2. The number of nitrogens with zero attached hydrogens (tertiary/aromatic N) is 4. The van der Waals surface area contributed by atoms with Gasteiger partial charge in [-0.05, 0) is 38.0 Å². The predicted octanol–water partition coefficient (Wildman–Crippen LogP) is 1.53. The first-order valence-corrected chi connectivity index (χ1v) is 10.3. The average molecular weight is 387 g/mol. The molecule has 0 amide bonds. The molecule has 27 heavy (non-hydrogen) atoms. The van der Waals surface area contributed by atoms with Crippen LogP contribution in [0, 0.1) is 6.92 Å². The van der Waals surface area contributed by atoms with Crippen LogP contribution in [-0.2, 0) is 17.1 Å². The molecule has 3 aromatic heterocycles. The van der Waals surface area contributed by atoms with Crippen LogP contribution in [0.1, 0.15) is 30.1 Å². The summed E-state index contributed by atoms with van der Waals surface area (Å²) in [4.78, 5) is 19.7. The van der Waals surface area contributed by atoms with Crippen molar-refractivity contribution in [2.45, 2.75) is 30.6 Å². The standard InChI is InChI=1S/C18H21N5O3S/c1-12-17(11-20-22(12)2)27(25,26)23-8-5-13(6-9-23)15-10-16-14(18(24)21-15)4-3-7-19-16/h3-4,7,10-11,13H,5-6,8-9H2,1-2H3,(H,21,24). The van der Waals surface area contributed by atoms with Gasteiger partial charge in [0.2, 0.25) is 10.0 Å². The second kappa shape index (κ2) is 6.58. The van der Waals surface area contributed by atoms with E-state index in [1.54, 1.807) is 37.0 Å². The van der Waals surface area contributed by atoms with Gasteiger partial charge < -0.3 is 4.98 Å². The van der Waals surface area contributed by atoms with E-state index in [9.17, 15) is 13.2 Å². The SMILES string of the molecule is Cc1c(S(=O)(=O)N2CCC(c3cc4ncccc4c(=O)[nH]3)CC2)cnn1C. The Balaban J connectivity index is 1.56. The largest absolute Gasteiger partial charge is 0.325 e. The summed E-state index contributed by atoms with van der Waals surface area (Å²) in [7, 11) is -1.83. The summed E-state index contributed by atoms with van der Waals surface area (Å²) >= 11 is 0. The lowest BCUT2D eigenvalue weighted by Crippen LogP contribution is -2.38. The number of pyridine rings is 2. The zero-order valence-electron chi connectivity index (χ0n) is 15.2. The van der Waals surface area contributed by atoms with Crippen molar-refractivity contribution in [3.63, 3.8) is 0 Å². The van der Waals surface area contributed by atoms with E-state index in [-0.39, 0.29) is 16.4 Å². The van der Waals surface area contributed by atoms with Crippen molar-refractivity contribution in [3.05, 3.63) is 52.3 Å². The number of aromatic amines is 1. The highest BCUT2D eigenvalue weighted by atomic mass is 32.2. The van der Waals surface area contributed by atoms with Crippen molar-refractivity contribution >= 4 is 20.9 Å². The zero-order valence-corrected chi connectivity index (χ0v) is 16.0. The maximum atomic E-state index is 12.9. The third-order valence-corrected chi connectivity index (χ3v) is 7.34. The lowest BCUT2D eigenvalue weighted by molar-refractivity contribution is 0.316. The van der Waals surface area contributed by atoms with Crippen LogP contribution >= 0.6 is 0 Å². The maximum absolute atomic E-state index is 12.9. The Morgan fingerprint density at radius 2 is 2.00 bits per heavy atom. The second-order valence-electron chi connectivity index (χ2n) is 6.89. The van der Waals surface area contributed by atoms with Gasteiger partial charge in [-0.2, -0.15) is 9.40 Å². The summed E-state index contributed by atoms with van der Waals surface area (Å²) < 4.78 is 28.9. The minimum Gasteiger partial charge on any atom is -0.325 e. The molecule has 0 unspecified atom stereocenters. The van der Waals surface area contributed by atoms with Crippen LogP contribution < -0.4 is 5.56 Å². The topological polar surface area (TPSA) is 101 Å². The monoisotopic (exact) mass is 387 g/mol. The molecule has 4 rings (SSSR count). The Morgan fingerprint density at radius 3 is 2.67 bits per heavy atom. The molecule has 0 spiro atoms. The van der Waals surface area contributed by atoms with Crippen LogP contribution in [-0.4, -0.2) is 45.6 Å². The number of hydrogen-bond donors (Lipinski definition) is 1. The lowest BCUT2D eigenvalue weighted by atomic mass is 9.94. The van der Waals surface area contributed by atoms with Crippen LogP contribution in [0.15, 0.2) is 40.3 Å². The number of aromatic nitrogens is 4. The molecule has 1 saturated heterocycles. The van der Waals surface area contributed by atoms with E-state index in [0.29, 0.717) is 42.5 Å². The summed E-state index contributed by atoms with van der Waals surface area (Å²) in [5.41, 5.74) is 1.96. The number of H-pyrrole nitrogens is 1. The molecule has 1 aliphatic heterocycles. The first-order valence-electron chi connectivity index (χ1n) is 8.84. The molecule has 1 fully saturated rings. The van der Waals surface area contributed by atoms with E-state index in [2.05, 4.69) is 15.1 Å². The van der Waals surface area contributed by atoms with Crippen LogP contribution in [0.25, 0.3) is 10.9 Å². The Kier molecular flexibility index (Phi) is 4.35. The van der Waals surface area contributed by atoms with Crippen molar-refractivity contribution in [2.75, 3.05) is 13.1 Å². The van der Waals surface area contributed by atoms with E-state index < -0.39 is 10.0 Å². The highest BCUT2D eigenvalue weighted by Crippen LogP contribution is 2.30. The molecule has 3 aromatic rings. The molecule has 0 radical (unpaired) electrons. The molecule has 0 saturated carbocycles. The number of piperidine rings is 1. The van der Waals surface area contributed by atoms with Crippen molar-refractivity contribution in [1.82, 2.24) is 24.1 Å². The Morgan fingerprint density at radius 1 is 1.26 bits per heavy atom. The summed E-state index contributed by atoms with van der Waals surface area (Å²) in [5, 5.41) is 4.61. The van der Waals surface area contributed by atoms with Crippen molar-refractivity contribution < 1.29 is 8.42 Å². The maximum Gasteiger partial charge on any atom is 0.257 e. The summed E-state index contributed by atoms with van der Waals surface area (Å²) in [6.07, 6.45) is 4.36. The molecule has 8 nitrogen and oxygen atoms in total. The molecular formula is C18H21N5O3S. The van der Waals surface area contributed by atoms with Gasteiger partial charge in [-0.1, -0.05) is 0 Å². The van der Waals surface area contributed by atoms with Gasteiger partial charge in [0.1, 0.15) is 4.90 Å². The normalized spacial score (nSPS) is 16.8. The number of rotatable bonds is 3. The summed E-state index contributed by atoms with van der Waals surface area (Å²) in [6, 6.07) is 5.38. The van der Waals surface area contributed by atoms with E-state index >= 15 is 0 Å². The summed E-state index contributed by atoms with van der Waals surface area (Å²) in [6.45, 7) is 2.56. The number of sulfonamides is 1. The fraction of sp³-hybridized carbons (Fsp3) is 0.389. The molecule has 142 valence electrons. The first-order chi connectivity index (χ1) is 12.9. The van der Waals surface area contributed by atoms with Gasteiger partial charge in [0.05, 0.1) is 22.8 Å². The second-order valence-corrected chi connectivity index (χ2v) is 8.79. The van der Waals surface area contributed by atoms with E-state index in [1.807, 2.05) is 6.07 Å². The fourth-order valence-electron chi connectivity index (χ4n) is 3.60. The number of fused-ring (bicyclic) bond motifs is 1. The fourth-order valence-corrected chi connectivity index (χ4v) is 5.26. The smallest absolute Gasteiger partial charge is 0.257 e. The van der Waals surface area contributed by atoms with Gasteiger partial charge in [0.15, 0.2) is 0 Å². The minimum absolute atomic E-state index is 0.102. The quantitative estimate of drug-likeness (QED) is 0.734. The predicted molar refractivity (Wildman–Crippen MR) is 101 cm³/mol. The van der Waals surface area contributed by atoms with Crippen LogP contribution in [0.4, 0.5) is 0 Å². The lowest BCUT2D eigenvalue weighted by Gasteiger charge is -2.31. The molecule has 0 atom stereocenters. The molecular weight excluding hydrogens is 366 g/mol. The molecule has 0 aliphatic carbocycles. The number of aryl methyl sites for hydroxylation is 1. The van der Waals surface area contributed by atoms with Gasteiger partial charge in [-0.25, -0.2) is 8.42 Å². The molecule has 0 aromatic carbocycles. The molecule has 1 aliphatic rings. The molecule has 1 N–H and O–H groups in total. The van der Waals surface area contributed by atoms with Crippen LogP contribution in [0.5, 0.6) is 0 Å². The van der Waals surface area contributed by atoms with Gasteiger partial charge in [0.25, 0.3) is 5.56 Å². The Hall–Kier alpha value is -2.52. The number of hydrogen-bond acceptors (Lipinski definition) is 5. The van der Waals surface area contributed by atoms with Crippen molar-refractivity contribution in [2.24, 2.45) is 7.05 Å². The van der Waals surface area contributed by atoms with Crippen molar-refractivity contribution in [3.8, 4) is 0 Å². The van der Waals surface area contributed by atoms with Crippen molar-refractivity contribution in [1.29, 1.82) is 0 Å². The minimum atomic E-state index is -3.55. The molecule has 4 heterocycles. The first kappa shape index (κ1) is 17.9. The van der Waals surface area contributed by atoms with Gasteiger partial charge in [0, 0.05) is 37.9 Å². The highest BCUT2D eigenvalue weighted by molar-refractivity contribution is 7.89. The molecule has 9 heteroatoms. The summed E-state index contributed by atoms with van der Waals surface area (Å²) in [5.74, 6) is 0.102. The highest BCUT2D eigenvalue weighted by Gasteiger charge is 2.32. The van der Waals surface area contributed by atoms with Gasteiger partial charge in [-0.3, -0.25) is 14.5 Å². The van der Waals surface area contributed by atoms with E-state index in [1.165, 1.54) is 10.5 Å². The van der Waals surface area contributed by atoms with Crippen LogP contribution in [0.2, 0.25) is 0 Å². The third kappa shape index (κ3) is 3.06. The van der Waals surface area contributed by atoms with Gasteiger partial charge >= 0.3 is 0 Å². The Labute approximate surface area is 156 Å². The average Bonchev–Trinajstić information content (AvgIpc) is 3.01. The number of nitrogens with one attached hydrogen (secondary N) is 1. The van der Waals surface area contributed by atoms with Gasteiger partial charge in [-0.15, -0.1) is 0 Å². The van der Waals surface area contributed by atoms with Crippen LogP contribution in [0.3, 0.4) is 0 Å². The molecule has 0 bridgehead atoms. The van der Waals surface area contributed by atoms with E-state index in [4.69, 9.17) is 0 Å². The Bertz CT molecular complexity index is 1160. The third-order valence-electron chi connectivity index (χ3n) is 5.34. The van der Waals surface area contributed by atoms with E-state index in [0.717, 1.165) is 5.69 Å².